The minimum Gasteiger partial charge on any atom is -0.476 e. The number of piperidine rings is 1. The molecule has 0 N–H and O–H groups in total. The summed E-state index contributed by atoms with van der Waals surface area (Å²) < 4.78 is 5.99. The number of nitrogens with zero attached hydrogens (tertiary/aromatic N) is 6. The van der Waals surface area contributed by atoms with Crippen molar-refractivity contribution in [3.63, 3.8) is 0 Å². The molecule has 2 aliphatic heterocycles. The minimum atomic E-state index is -1.03. The van der Waals surface area contributed by atoms with Gasteiger partial charge in [0.25, 0.3) is 11.8 Å². The fraction of sp³-hybridized carbons (Fsp3) is 0.444. The summed E-state index contributed by atoms with van der Waals surface area (Å²) in [5, 5.41) is 3.31. The number of piperazine rings is 1. The van der Waals surface area contributed by atoms with Crippen molar-refractivity contribution in [2.75, 3.05) is 44.2 Å². The van der Waals surface area contributed by atoms with Crippen molar-refractivity contribution in [1.29, 1.82) is 0 Å². The number of halogens is 1. The number of para-hydroxylation sites is 1. The van der Waals surface area contributed by atoms with Crippen LogP contribution >= 0.6 is 22.9 Å². The van der Waals surface area contributed by atoms with Crippen molar-refractivity contribution in [2.24, 2.45) is 0 Å². The van der Waals surface area contributed by atoms with Gasteiger partial charge in [0.15, 0.2) is 5.60 Å². The molecule has 11 heteroatoms. The summed E-state index contributed by atoms with van der Waals surface area (Å²) in [5.74, 6) is 1.47. The predicted molar refractivity (Wildman–Crippen MR) is 147 cm³/mol. The number of thiazole rings is 1. The average Bonchev–Trinajstić information content (AvgIpc) is 3.44. The molecular weight excluding hydrogens is 524 g/mol. The molecule has 5 rings (SSSR count). The first-order valence-corrected chi connectivity index (χ1v) is 14.1. The van der Waals surface area contributed by atoms with E-state index in [0.717, 1.165) is 23.7 Å². The molecule has 4 heterocycles. The number of anilines is 1. The first kappa shape index (κ1) is 26.4. The number of likely N-dealkylation sites (tertiary alicyclic amines) is 1. The van der Waals surface area contributed by atoms with Crippen LogP contribution in [0.4, 0.5) is 5.82 Å². The van der Waals surface area contributed by atoms with E-state index in [0.29, 0.717) is 55.7 Å². The van der Waals surface area contributed by atoms with Gasteiger partial charge in [0, 0.05) is 63.0 Å². The van der Waals surface area contributed by atoms with Gasteiger partial charge in [-0.3, -0.25) is 14.6 Å². The first-order chi connectivity index (χ1) is 18.3. The fourth-order valence-electron chi connectivity index (χ4n) is 4.88. The lowest BCUT2D eigenvalue weighted by molar-refractivity contribution is -0.146. The third-order valence-corrected chi connectivity index (χ3v) is 8.35. The molecule has 200 valence electrons. The standard InChI is InChI=1S/C27H31ClN6O3S/c1-27(2,37-22-6-4-3-5-20(22)28)26(36)34-11-7-19(8-12-34)24-31-21(18-38-24)25(35)33-15-13-32(14-16-33)23-17-29-9-10-30-23/h3-6,9-10,17-19H,7-8,11-16H2,1-2H3. The lowest BCUT2D eigenvalue weighted by Gasteiger charge is -2.36. The molecule has 9 nitrogen and oxygen atoms in total. The number of rotatable bonds is 6. The number of aromatic nitrogens is 3. The lowest BCUT2D eigenvalue weighted by Crippen LogP contribution is -2.51. The fourth-order valence-corrected chi connectivity index (χ4v) is 6.02. The van der Waals surface area contributed by atoms with Crippen LogP contribution in [0.15, 0.2) is 48.2 Å². The molecule has 2 fully saturated rings. The molecule has 0 unspecified atom stereocenters. The van der Waals surface area contributed by atoms with Crippen LogP contribution < -0.4 is 9.64 Å². The summed E-state index contributed by atoms with van der Waals surface area (Å²) >= 11 is 7.76. The Morgan fingerprint density at radius 1 is 1.03 bits per heavy atom. The van der Waals surface area contributed by atoms with Gasteiger partial charge in [0.05, 0.1) is 16.2 Å². The van der Waals surface area contributed by atoms with E-state index < -0.39 is 5.60 Å². The Morgan fingerprint density at radius 3 is 2.45 bits per heavy atom. The molecule has 2 aliphatic rings. The SMILES string of the molecule is CC(C)(Oc1ccccc1Cl)C(=O)N1CCC(c2nc(C(=O)N3CCN(c4cnccn4)CC3)cs2)CC1. The summed E-state index contributed by atoms with van der Waals surface area (Å²) in [4.78, 5) is 45.4. The Morgan fingerprint density at radius 2 is 1.76 bits per heavy atom. The molecule has 38 heavy (non-hydrogen) atoms. The number of ether oxygens (including phenoxy) is 1. The molecule has 2 aromatic heterocycles. The normalized spacial score (nSPS) is 17.0. The number of amides is 2. The molecule has 3 aromatic rings. The highest BCUT2D eigenvalue weighted by molar-refractivity contribution is 7.09. The number of hydrogen-bond acceptors (Lipinski definition) is 8. The summed E-state index contributed by atoms with van der Waals surface area (Å²) in [6.07, 6.45) is 6.68. The monoisotopic (exact) mass is 554 g/mol. The molecule has 0 atom stereocenters. The van der Waals surface area contributed by atoms with Crippen molar-refractivity contribution in [2.45, 2.75) is 38.2 Å². The van der Waals surface area contributed by atoms with E-state index in [4.69, 9.17) is 21.3 Å². The van der Waals surface area contributed by atoms with Gasteiger partial charge in [0.2, 0.25) is 0 Å². The smallest absolute Gasteiger partial charge is 0.273 e. The van der Waals surface area contributed by atoms with Crippen LogP contribution in [0.3, 0.4) is 0 Å². The van der Waals surface area contributed by atoms with Gasteiger partial charge in [-0.1, -0.05) is 23.7 Å². The van der Waals surface area contributed by atoms with Crippen LogP contribution in [0, 0.1) is 0 Å². The maximum atomic E-state index is 13.2. The number of benzene rings is 1. The van der Waals surface area contributed by atoms with E-state index in [1.807, 2.05) is 27.3 Å². The van der Waals surface area contributed by atoms with E-state index in [1.165, 1.54) is 11.3 Å². The Hall–Kier alpha value is -3.24. The van der Waals surface area contributed by atoms with E-state index in [2.05, 4.69) is 14.9 Å². The van der Waals surface area contributed by atoms with Crippen molar-refractivity contribution < 1.29 is 14.3 Å². The van der Waals surface area contributed by atoms with Crippen molar-refractivity contribution in [3.05, 3.63) is 64.0 Å². The summed E-state index contributed by atoms with van der Waals surface area (Å²) in [7, 11) is 0. The van der Waals surface area contributed by atoms with E-state index in [1.54, 1.807) is 44.6 Å². The Labute approximate surface area is 231 Å². The molecular formula is C27H31ClN6O3S. The number of carbonyl (C=O) groups excluding carboxylic acids is 2. The van der Waals surface area contributed by atoms with Crippen molar-refractivity contribution >= 4 is 40.6 Å². The van der Waals surface area contributed by atoms with Gasteiger partial charge in [-0.25, -0.2) is 9.97 Å². The van der Waals surface area contributed by atoms with Gasteiger partial charge >= 0.3 is 0 Å². The Bertz CT molecular complexity index is 1270. The first-order valence-electron chi connectivity index (χ1n) is 12.8. The summed E-state index contributed by atoms with van der Waals surface area (Å²) in [5.41, 5.74) is -0.527. The zero-order chi connectivity index (χ0) is 26.7. The predicted octanol–water partition coefficient (Wildman–Crippen LogP) is 4.11. The lowest BCUT2D eigenvalue weighted by atomic mass is 9.96. The highest BCUT2D eigenvalue weighted by Gasteiger charge is 2.37. The topological polar surface area (TPSA) is 91.8 Å². The van der Waals surface area contributed by atoms with E-state index >= 15 is 0 Å². The van der Waals surface area contributed by atoms with Gasteiger partial charge in [-0.15, -0.1) is 11.3 Å². The Balaban J connectivity index is 1.13. The largest absolute Gasteiger partial charge is 0.476 e. The van der Waals surface area contributed by atoms with E-state index in [9.17, 15) is 9.59 Å². The summed E-state index contributed by atoms with van der Waals surface area (Å²) in [6, 6.07) is 7.17. The molecule has 2 amide bonds. The maximum absolute atomic E-state index is 13.2. The molecule has 1 aromatic carbocycles. The highest BCUT2D eigenvalue weighted by Crippen LogP contribution is 2.33. The average molecular weight is 555 g/mol. The van der Waals surface area contributed by atoms with Gasteiger partial charge in [0.1, 0.15) is 17.3 Å². The molecule has 0 aliphatic carbocycles. The van der Waals surface area contributed by atoms with Crippen LogP contribution in [0.5, 0.6) is 5.75 Å². The number of carbonyl (C=O) groups is 2. The maximum Gasteiger partial charge on any atom is 0.273 e. The second-order valence-corrected chi connectivity index (χ2v) is 11.3. The Kier molecular flexibility index (Phi) is 7.80. The van der Waals surface area contributed by atoms with Crippen molar-refractivity contribution in [3.8, 4) is 5.75 Å². The highest BCUT2D eigenvalue weighted by atomic mass is 35.5. The van der Waals surface area contributed by atoms with Crippen LogP contribution in [0.25, 0.3) is 0 Å². The third-order valence-electron chi connectivity index (χ3n) is 7.03. The van der Waals surface area contributed by atoms with Gasteiger partial charge in [-0.05, 0) is 38.8 Å². The summed E-state index contributed by atoms with van der Waals surface area (Å²) in [6.45, 7) is 7.45. The van der Waals surface area contributed by atoms with Crippen LogP contribution in [0.1, 0.15) is 48.1 Å². The van der Waals surface area contributed by atoms with E-state index in [-0.39, 0.29) is 17.7 Å². The van der Waals surface area contributed by atoms with Gasteiger partial charge < -0.3 is 19.4 Å². The molecule has 0 spiro atoms. The number of hydrogen-bond donors (Lipinski definition) is 0. The zero-order valence-electron chi connectivity index (χ0n) is 21.5. The minimum absolute atomic E-state index is 0.0302. The molecule has 0 bridgehead atoms. The quantitative estimate of drug-likeness (QED) is 0.453. The van der Waals surface area contributed by atoms with Crippen LogP contribution in [-0.4, -0.2) is 81.4 Å². The van der Waals surface area contributed by atoms with Crippen molar-refractivity contribution in [1.82, 2.24) is 24.8 Å². The second-order valence-electron chi connectivity index (χ2n) is 10.0. The molecule has 2 saturated heterocycles. The second kappa shape index (κ2) is 11.2. The van der Waals surface area contributed by atoms with Gasteiger partial charge in [-0.2, -0.15) is 0 Å². The molecule has 0 radical (unpaired) electrons. The van der Waals surface area contributed by atoms with Crippen LogP contribution in [0.2, 0.25) is 5.02 Å². The third kappa shape index (κ3) is 5.76. The molecule has 0 saturated carbocycles. The zero-order valence-corrected chi connectivity index (χ0v) is 23.1. The van der Waals surface area contributed by atoms with Crippen LogP contribution in [-0.2, 0) is 4.79 Å².